The van der Waals surface area contributed by atoms with E-state index in [0.717, 1.165) is 16.1 Å². The van der Waals surface area contributed by atoms with Crippen molar-refractivity contribution in [1.29, 1.82) is 0 Å². The normalized spacial score (nSPS) is 11.3. The van der Waals surface area contributed by atoms with Crippen molar-refractivity contribution in [2.24, 2.45) is 0 Å². The first-order valence-corrected chi connectivity index (χ1v) is 6.09. The highest BCUT2D eigenvalue weighted by Crippen LogP contribution is 2.18. The van der Waals surface area contributed by atoms with Gasteiger partial charge in [0.1, 0.15) is 0 Å². The largest absolute Gasteiger partial charge is 0.269 e. The van der Waals surface area contributed by atoms with E-state index < -0.39 is 14.9 Å². The Bertz CT molecular complexity index is 629. The van der Waals surface area contributed by atoms with Crippen LogP contribution >= 0.6 is 0 Å². The number of benzene rings is 1. The molecule has 0 unspecified atom stereocenters. The molecule has 0 saturated heterocycles. The summed E-state index contributed by atoms with van der Waals surface area (Å²) in [4.78, 5) is 9.88. The Kier molecular flexibility index (Phi) is 2.68. The lowest BCUT2D eigenvalue weighted by Crippen LogP contribution is -2.10. The van der Waals surface area contributed by atoms with Gasteiger partial charge in [-0.25, -0.2) is 12.4 Å². The second-order valence-electron chi connectivity index (χ2n) is 3.27. The maximum Gasteiger partial charge on any atom is 0.269 e. The van der Waals surface area contributed by atoms with Crippen LogP contribution in [-0.4, -0.2) is 17.3 Å². The molecule has 7 heteroatoms. The topological polar surface area (TPSA) is 82.2 Å². The van der Waals surface area contributed by atoms with Gasteiger partial charge in [-0.1, -0.05) is 0 Å². The highest BCUT2D eigenvalue weighted by molar-refractivity contribution is 7.90. The lowest BCUT2D eigenvalue weighted by molar-refractivity contribution is -0.384. The maximum atomic E-state index is 12.0. The zero-order valence-electron chi connectivity index (χ0n) is 8.55. The van der Waals surface area contributed by atoms with Gasteiger partial charge in [0.15, 0.2) is 0 Å². The predicted octanol–water partition coefficient (Wildman–Crippen LogP) is 1.63. The predicted molar refractivity (Wildman–Crippen MR) is 60.1 cm³/mol. The van der Waals surface area contributed by atoms with Crippen molar-refractivity contribution < 1.29 is 13.3 Å². The van der Waals surface area contributed by atoms with Crippen molar-refractivity contribution in [3.63, 3.8) is 0 Å². The zero-order valence-corrected chi connectivity index (χ0v) is 9.37. The quantitative estimate of drug-likeness (QED) is 0.614. The molecule has 17 heavy (non-hydrogen) atoms. The highest BCUT2D eigenvalue weighted by atomic mass is 32.2. The van der Waals surface area contributed by atoms with Gasteiger partial charge in [0, 0.05) is 24.5 Å². The minimum absolute atomic E-state index is 0.0132. The zero-order chi connectivity index (χ0) is 12.5. The summed E-state index contributed by atoms with van der Waals surface area (Å²) in [6.07, 6.45) is 2.80. The third-order valence-corrected chi connectivity index (χ3v) is 3.87. The third kappa shape index (κ3) is 2.04. The molecule has 0 aliphatic carbocycles. The smallest absolute Gasteiger partial charge is 0.258 e. The molecular weight excluding hydrogens is 244 g/mol. The van der Waals surface area contributed by atoms with Gasteiger partial charge in [-0.3, -0.25) is 10.1 Å². The summed E-state index contributed by atoms with van der Waals surface area (Å²) in [6.45, 7) is 0. The second-order valence-corrected chi connectivity index (χ2v) is 5.11. The van der Waals surface area contributed by atoms with Gasteiger partial charge in [-0.2, -0.15) is 0 Å². The van der Waals surface area contributed by atoms with Gasteiger partial charge >= 0.3 is 0 Å². The van der Waals surface area contributed by atoms with E-state index in [9.17, 15) is 18.5 Å². The molecule has 0 amide bonds. The molecule has 0 saturated carbocycles. The Morgan fingerprint density at radius 2 is 1.59 bits per heavy atom. The molecule has 2 rings (SSSR count). The van der Waals surface area contributed by atoms with Crippen LogP contribution in [0.4, 0.5) is 5.69 Å². The van der Waals surface area contributed by atoms with Crippen molar-refractivity contribution in [2.75, 3.05) is 0 Å². The summed E-state index contributed by atoms with van der Waals surface area (Å²) in [7, 11) is -3.64. The van der Waals surface area contributed by atoms with Crippen molar-refractivity contribution >= 4 is 15.7 Å². The summed E-state index contributed by atoms with van der Waals surface area (Å²) >= 11 is 0. The van der Waals surface area contributed by atoms with Crippen LogP contribution in [0.1, 0.15) is 0 Å². The Morgan fingerprint density at radius 3 is 2.06 bits per heavy atom. The van der Waals surface area contributed by atoms with Gasteiger partial charge in [0.2, 0.25) is 0 Å². The number of nitro groups is 1. The van der Waals surface area contributed by atoms with E-state index in [-0.39, 0.29) is 10.6 Å². The van der Waals surface area contributed by atoms with Crippen LogP contribution < -0.4 is 0 Å². The van der Waals surface area contributed by atoms with Crippen molar-refractivity contribution in [3.05, 3.63) is 58.9 Å². The van der Waals surface area contributed by atoms with Crippen molar-refractivity contribution in [2.45, 2.75) is 4.90 Å². The molecule has 0 radical (unpaired) electrons. The molecule has 1 aromatic carbocycles. The first-order valence-electron chi connectivity index (χ1n) is 4.65. The molecule has 0 aliphatic rings. The van der Waals surface area contributed by atoms with E-state index >= 15 is 0 Å². The summed E-state index contributed by atoms with van der Waals surface area (Å²) < 4.78 is 25.0. The Labute approximate surface area is 97.3 Å². The minimum atomic E-state index is -3.64. The van der Waals surface area contributed by atoms with Gasteiger partial charge in [0.25, 0.3) is 15.7 Å². The highest BCUT2D eigenvalue weighted by Gasteiger charge is 2.16. The van der Waals surface area contributed by atoms with E-state index in [1.54, 1.807) is 12.1 Å². The molecule has 0 spiro atoms. The first kappa shape index (κ1) is 11.3. The maximum absolute atomic E-state index is 12.0. The average molecular weight is 252 g/mol. The molecule has 1 heterocycles. The SMILES string of the molecule is O=[N+]([O-])c1ccc(S(=O)(=O)n2cccc2)cc1. The Morgan fingerprint density at radius 1 is 1.06 bits per heavy atom. The van der Waals surface area contributed by atoms with Gasteiger partial charge < -0.3 is 0 Å². The van der Waals surface area contributed by atoms with Crippen LogP contribution in [0.5, 0.6) is 0 Å². The van der Waals surface area contributed by atoms with Gasteiger partial charge in [-0.05, 0) is 24.3 Å². The third-order valence-electron chi connectivity index (χ3n) is 2.20. The van der Waals surface area contributed by atoms with Crippen LogP contribution in [0, 0.1) is 10.1 Å². The van der Waals surface area contributed by atoms with Gasteiger partial charge in [0.05, 0.1) is 9.82 Å². The molecule has 0 fully saturated rings. The molecule has 0 aliphatic heterocycles. The molecule has 0 bridgehead atoms. The molecule has 1 aromatic heterocycles. The number of hydrogen-bond donors (Lipinski definition) is 0. The minimum Gasteiger partial charge on any atom is -0.258 e. The second kappa shape index (κ2) is 4.02. The number of nitrogens with zero attached hydrogens (tertiary/aromatic N) is 2. The van der Waals surface area contributed by atoms with E-state index in [1.165, 1.54) is 24.5 Å². The van der Waals surface area contributed by atoms with E-state index in [2.05, 4.69) is 0 Å². The lowest BCUT2D eigenvalue weighted by atomic mass is 10.3. The molecule has 2 aromatic rings. The Hall–Kier alpha value is -2.15. The van der Waals surface area contributed by atoms with Crippen LogP contribution in [-0.2, 0) is 10.0 Å². The fraction of sp³-hybridized carbons (Fsp3) is 0. The summed E-state index contributed by atoms with van der Waals surface area (Å²) in [5.41, 5.74) is -0.142. The monoisotopic (exact) mass is 252 g/mol. The standard InChI is InChI=1S/C10H8N2O4S/c13-12(14)9-3-5-10(6-4-9)17(15,16)11-7-1-2-8-11/h1-8H. The molecule has 6 nitrogen and oxygen atoms in total. The van der Waals surface area contributed by atoms with E-state index in [1.807, 2.05) is 0 Å². The van der Waals surface area contributed by atoms with Crippen LogP contribution in [0.25, 0.3) is 0 Å². The van der Waals surface area contributed by atoms with Crippen LogP contribution in [0.3, 0.4) is 0 Å². The van der Waals surface area contributed by atoms with Crippen LogP contribution in [0.15, 0.2) is 53.7 Å². The summed E-state index contributed by atoms with van der Waals surface area (Å²) in [5.74, 6) is 0. The number of hydrogen-bond acceptors (Lipinski definition) is 4. The summed E-state index contributed by atoms with van der Waals surface area (Å²) in [5, 5.41) is 10.4. The Balaban J connectivity index is 2.45. The van der Waals surface area contributed by atoms with Crippen molar-refractivity contribution in [3.8, 4) is 0 Å². The summed E-state index contributed by atoms with van der Waals surface area (Å²) in [6, 6.07) is 7.93. The lowest BCUT2D eigenvalue weighted by Gasteiger charge is -2.04. The van der Waals surface area contributed by atoms with E-state index in [4.69, 9.17) is 0 Å². The van der Waals surface area contributed by atoms with Crippen LogP contribution in [0.2, 0.25) is 0 Å². The molecule has 0 atom stereocenters. The fourth-order valence-electron chi connectivity index (χ4n) is 1.34. The molecule has 88 valence electrons. The van der Waals surface area contributed by atoms with Crippen molar-refractivity contribution in [1.82, 2.24) is 3.97 Å². The first-order chi connectivity index (χ1) is 8.01. The molecular formula is C10H8N2O4S. The van der Waals surface area contributed by atoms with Gasteiger partial charge in [-0.15, -0.1) is 0 Å². The number of aromatic nitrogens is 1. The molecule has 0 N–H and O–H groups in total. The van der Waals surface area contributed by atoms with E-state index in [0.29, 0.717) is 0 Å². The fourth-order valence-corrected chi connectivity index (χ4v) is 2.52. The number of rotatable bonds is 3. The number of non-ortho nitro benzene ring substituents is 1. The average Bonchev–Trinajstić information content (AvgIpc) is 2.83. The number of nitro benzene ring substituents is 1.